The van der Waals surface area contributed by atoms with Crippen LogP contribution in [0.2, 0.25) is 0 Å². The Morgan fingerprint density at radius 2 is 2.13 bits per heavy atom. The number of fused-ring (bicyclic) bond motifs is 1. The maximum atomic E-state index is 11.1. The molecule has 0 spiro atoms. The van der Waals surface area contributed by atoms with Crippen molar-refractivity contribution in [2.75, 3.05) is 10.6 Å². The molecule has 0 atom stereocenters. The molecular weight excluding hydrogens is 294 g/mol. The van der Waals surface area contributed by atoms with Crippen LogP contribution >= 0.6 is 0 Å². The lowest BCUT2D eigenvalue weighted by Gasteiger charge is -2.05. The highest BCUT2D eigenvalue weighted by Gasteiger charge is 2.09. The number of aryl methyl sites for hydroxylation is 1. The van der Waals surface area contributed by atoms with Crippen LogP contribution in [-0.4, -0.2) is 27.3 Å². The number of pyridine rings is 1. The highest BCUT2D eigenvalue weighted by atomic mass is 16.1. The molecule has 1 aromatic carbocycles. The van der Waals surface area contributed by atoms with Gasteiger partial charge in [0.15, 0.2) is 5.65 Å². The van der Waals surface area contributed by atoms with Crippen LogP contribution in [0.1, 0.15) is 12.5 Å². The van der Waals surface area contributed by atoms with Gasteiger partial charge in [-0.3, -0.25) is 9.59 Å². The Morgan fingerprint density at radius 1 is 1.30 bits per heavy atom. The fourth-order valence-electron chi connectivity index (χ4n) is 2.34. The summed E-state index contributed by atoms with van der Waals surface area (Å²) in [4.78, 5) is 33.5. The minimum atomic E-state index is -0.153. The van der Waals surface area contributed by atoms with Gasteiger partial charge in [-0.1, -0.05) is 0 Å². The molecule has 0 aliphatic carbocycles. The van der Waals surface area contributed by atoms with Crippen molar-refractivity contribution >= 4 is 34.9 Å². The Bertz CT molecular complexity index is 901. The first-order chi connectivity index (χ1) is 11.1. The topological polar surface area (TPSA) is 99.8 Å². The zero-order valence-corrected chi connectivity index (χ0v) is 12.7. The first-order valence-corrected chi connectivity index (χ1v) is 7.01. The van der Waals surface area contributed by atoms with Gasteiger partial charge in [0.25, 0.3) is 0 Å². The maximum absolute atomic E-state index is 11.1. The second-order valence-corrected chi connectivity index (χ2v) is 5.15. The maximum Gasteiger partial charge on any atom is 0.221 e. The van der Waals surface area contributed by atoms with Gasteiger partial charge in [0.1, 0.15) is 5.82 Å². The third-order valence-corrected chi connectivity index (χ3v) is 3.37. The van der Waals surface area contributed by atoms with Gasteiger partial charge in [-0.15, -0.1) is 0 Å². The number of aromatic amines is 1. The van der Waals surface area contributed by atoms with Crippen LogP contribution in [0.3, 0.4) is 0 Å². The number of benzene rings is 1. The number of hydrogen-bond donors (Lipinski definition) is 3. The van der Waals surface area contributed by atoms with E-state index < -0.39 is 0 Å². The van der Waals surface area contributed by atoms with E-state index in [2.05, 4.69) is 25.6 Å². The number of rotatable bonds is 4. The third kappa shape index (κ3) is 3.03. The average Bonchev–Trinajstić information content (AvgIpc) is 2.92. The molecule has 7 heteroatoms. The number of aromatic nitrogens is 3. The number of amides is 2. The lowest BCUT2D eigenvalue weighted by atomic mass is 10.1. The quantitative estimate of drug-likeness (QED) is 0.644. The van der Waals surface area contributed by atoms with Crippen molar-refractivity contribution in [2.24, 2.45) is 0 Å². The molecule has 0 unspecified atom stereocenters. The molecule has 3 N–H and O–H groups in total. The normalized spacial score (nSPS) is 10.5. The van der Waals surface area contributed by atoms with E-state index in [4.69, 9.17) is 0 Å². The molecule has 3 rings (SSSR count). The van der Waals surface area contributed by atoms with Crippen molar-refractivity contribution in [3.05, 3.63) is 36.0 Å². The highest BCUT2D eigenvalue weighted by molar-refractivity contribution is 5.90. The van der Waals surface area contributed by atoms with Crippen molar-refractivity contribution in [2.45, 2.75) is 13.8 Å². The standard InChI is InChI=1S/C16H15N5O2/c1-9-5-11(3-4-13(9)18-8-22)15-20-14-6-12(19-10(2)23)7-17-16(14)21-15/h3-8H,1-2H3,(H,18,22)(H,19,23)(H,17,20,21). The van der Waals surface area contributed by atoms with Crippen LogP contribution in [0.15, 0.2) is 30.5 Å². The molecule has 116 valence electrons. The molecule has 0 aliphatic rings. The summed E-state index contributed by atoms with van der Waals surface area (Å²) in [7, 11) is 0. The van der Waals surface area contributed by atoms with Crippen LogP contribution < -0.4 is 10.6 Å². The summed E-state index contributed by atoms with van der Waals surface area (Å²) in [5.41, 5.74) is 4.49. The van der Waals surface area contributed by atoms with Crippen LogP contribution in [-0.2, 0) is 9.59 Å². The summed E-state index contributed by atoms with van der Waals surface area (Å²) >= 11 is 0. The Kier molecular flexibility index (Phi) is 3.76. The molecular formula is C16H15N5O2. The molecule has 0 radical (unpaired) electrons. The number of nitrogens with one attached hydrogen (secondary N) is 3. The van der Waals surface area contributed by atoms with Gasteiger partial charge < -0.3 is 15.6 Å². The molecule has 7 nitrogen and oxygen atoms in total. The van der Waals surface area contributed by atoms with E-state index in [1.54, 1.807) is 12.3 Å². The van der Waals surface area contributed by atoms with Crippen LogP contribution in [0, 0.1) is 6.92 Å². The first-order valence-electron chi connectivity index (χ1n) is 7.01. The van der Waals surface area contributed by atoms with Crippen molar-refractivity contribution in [3.63, 3.8) is 0 Å². The Labute approximate surface area is 132 Å². The molecule has 0 saturated carbocycles. The van der Waals surface area contributed by atoms with E-state index in [1.807, 2.05) is 25.1 Å². The number of imidazole rings is 1. The highest BCUT2D eigenvalue weighted by Crippen LogP contribution is 2.25. The van der Waals surface area contributed by atoms with Gasteiger partial charge in [0, 0.05) is 18.2 Å². The van der Waals surface area contributed by atoms with Gasteiger partial charge in [-0.25, -0.2) is 9.97 Å². The zero-order valence-electron chi connectivity index (χ0n) is 12.7. The summed E-state index contributed by atoms with van der Waals surface area (Å²) in [6.45, 7) is 3.35. The summed E-state index contributed by atoms with van der Waals surface area (Å²) in [6, 6.07) is 7.40. The molecule has 2 amide bonds. The lowest BCUT2D eigenvalue weighted by Crippen LogP contribution is -2.05. The summed E-state index contributed by atoms with van der Waals surface area (Å²) in [5, 5.41) is 5.33. The lowest BCUT2D eigenvalue weighted by molar-refractivity contribution is -0.114. The summed E-state index contributed by atoms with van der Waals surface area (Å²) < 4.78 is 0. The Hall–Kier alpha value is -3.22. The molecule has 0 bridgehead atoms. The fourth-order valence-corrected chi connectivity index (χ4v) is 2.34. The predicted octanol–water partition coefficient (Wildman–Crippen LogP) is 2.46. The van der Waals surface area contributed by atoms with Crippen molar-refractivity contribution in [1.82, 2.24) is 15.0 Å². The number of carbonyl (C=O) groups is 2. The average molecular weight is 309 g/mol. The van der Waals surface area contributed by atoms with E-state index >= 15 is 0 Å². The SMILES string of the molecule is CC(=O)Nc1cnc2nc(-c3ccc(NC=O)c(C)c3)[nH]c2c1. The first kappa shape index (κ1) is 14.7. The van der Waals surface area contributed by atoms with E-state index in [9.17, 15) is 9.59 Å². The van der Waals surface area contributed by atoms with E-state index in [-0.39, 0.29) is 5.91 Å². The predicted molar refractivity (Wildman–Crippen MR) is 88.1 cm³/mol. The van der Waals surface area contributed by atoms with Crippen LogP contribution in [0.4, 0.5) is 11.4 Å². The van der Waals surface area contributed by atoms with Crippen molar-refractivity contribution in [3.8, 4) is 11.4 Å². The van der Waals surface area contributed by atoms with Gasteiger partial charge in [-0.05, 0) is 36.8 Å². The number of carbonyl (C=O) groups excluding carboxylic acids is 2. The molecule has 0 aliphatic heterocycles. The summed E-state index contributed by atoms with van der Waals surface area (Å²) in [6.07, 6.45) is 2.22. The summed E-state index contributed by atoms with van der Waals surface area (Å²) in [5.74, 6) is 0.521. The Balaban J connectivity index is 1.98. The molecule has 0 saturated heterocycles. The van der Waals surface area contributed by atoms with Crippen LogP contribution in [0.5, 0.6) is 0 Å². The number of anilines is 2. The van der Waals surface area contributed by atoms with Crippen molar-refractivity contribution in [1.29, 1.82) is 0 Å². The molecule has 0 fully saturated rings. The number of hydrogen-bond acceptors (Lipinski definition) is 4. The van der Waals surface area contributed by atoms with Crippen LogP contribution in [0.25, 0.3) is 22.6 Å². The fraction of sp³-hybridized carbons (Fsp3) is 0.125. The minimum absolute atomic E-state index is 0.153. The minimum Gasteiger partial charge on any atom is -0.337 e. The van der Waals surface area contributed by atoms with Gasteiger partial charge >= 0.3 is 0 Å². The van der Waals surface area contributed by atoms with E-state index in [0.29, 0.717) is 23.6 Å². The zero-order chi connectivity index (χ0) is 16.4. The largest absolute Gasteiger partial charge is 0.337 e. The van der Waals surface area contributed by atoms with Gasteiger partial charge in [0.05, 0.1) is 17.4 Å². The van der Waals surface area contributed by atoms with Gasteiger partial charge in [-0.2, -0.15) is 0 Å². The Morgan fingerprint density at radius 3 is 2.83 bits per heavy atom. The van der Waals surface area contributed by atoms with E-state index in [0.717, 1.165) is 22.3 Å². The molecule has 2 heterocycles. The van der Waals surface area contributed by atoms with Gasteiger partial charge in [0.2, 0.25) is 12.3 Å². The molecule has 3 aromatic rings. The number of H-pyrrole nitrogens is 1. The molecule has 23 heavy (non-hydrogen) atoms. The van der Waals surface area contributed by atoms with E-state index in [1.165, 1.54) is 6.92 Å². The smallest absolute Gasteiger partial charge is 0.221 e. The second-order valence-electron chi connectivity index (χ2n) is 5.15. The molecule has 2 aromatic heterocycles. The monoisotopic (exact) mass is 309 g/mol. The second kappa shape index (κ2) is 5.88. The third-order valence-electron chi connectivity index (χ3n) is 3.37. The van der Waals surface area contributed by atoms with Crippen molar-refractivity contribution < 1.29 is 9.59 Å². The number of nitrogens with zero attached hydrogens (tertiary/aromatic N) is 2.